The van der Waals surface area contributed by atoms with Gasteiger partial charge in [-0.25, -0.2) is 12.7 Å². The molecule has 1 heterocycles. The summed E-state index contributed by atoms with van der Waals surface area (Å²) in [6.45, 7) is -0.260. The highest BCUT2D eigenvalue weighted by Gasteiger charge is 2.42. The third-order valence-electron chi connectivity index (χ3n) is 2.63. The van der Waals surface area contributed by atoms with Gasteiger partial charge < -0.3 is 5.73 Å². The molecule has 0 aromatic heterocycles. The van der Waals surface area contributed by atoms with E-state index in [1.807, 2.05) is 0 Å². The second-order valence-electron chi connectivity index (χ2n) is 3.94. The molecule has 0 atom stereocenters. The molecule has 0 unspecified atom stereocenters. The fraction of sp³-hybridized carbons (Fsp3) is 0.875. The Morgan fingerprint density at radius 2 is 1.82 bits per heavy atom. The number of nitrogens with two attached hydrogens (primary N) is 1. The predicted molar refractivity (Wildman–Crippen MR) is 60.9 cm³/mol. The second-order valence-corrected chi connectivity index (χ2v) is 6.43. The second kappa shape index (κ2) is 5.07. The van der Waals surface area contributed by atoms with Crippen LogP contribution in [0.4, 0.5) is 13.2 Å². The molecule has 0 aliphatic carbocycles. The fourth-order valence-electron chi connectivity index (χ4n) is 1.73. The SMILES string of the molecule is NC(=S)CS(=O)(=O)N1CCC(C(F)(F)F)CC1. The molecule has 4 nitrogen and oxygen atoms in total. The lowest BCUT2D eigenvalue weighted by atomic mass is 9.98. The Labute approximate surface area is 103 Å². The molecule has 0 spiro atoms. The van der Waals surface area contributed by atoms with Crippen LogP contribution in [0.1, 0.15) is 12.8 Å². The molecule has 1 aliphatic heterocycles. The first kappa shape index (κ1) is 14.7. The lowest BCUT2D eigenvalue weighted by Gasteiger charge is -2.32. The number of hydrogen-bond donors (Lipinski definition) is 1. The van der Waals surface area contributed by atoms with E-state index in [1.54, 1.807) is 0 Å². The lowest BCUT2D eigenvalue weighted by molar-refractivity contribution is -0.182. The highest BCUT2D eigenvalue weighted by molar-refractivity contribution is 7.92. The Hall–Kier alpha value is -0.410. The van der Waals surface area contributed by atoms with Crippen LogP contribution in [0.5, 0.6) is 0 Å². The number of piperidine rings is 1. The van der Waals surface area contributed by atoms with Crippen molar-refractivity contribution in [3.63, 3.8) is 0 Å². The number of alkyl halides is 3. The maximum absolute atomic E-state index is 12.4. The van der Waals surface area contributed by atoms with E-state index in [0.717, 1.165) is 4.31 Å². The van der Waals surface area contributed by atoms with Crippen molar-refractivity contribution in [1.82, 2.24) is 4.31 Å². The first-order valence-corrected chi connectivity index (χ1v) is 6.97. The van der Waals surface area contributed by atoms with E-state index in [0.29, 0.717) is 0 Å². The van der Waals surface area contributed by atoms with Gasteiger partial charge in [-0.05, 0) is 12.8 Å². The van der Waals surface area contributed by atoms with Crippen molar-refractivity contribution in [3.8, 4) is 0 Å². The Kier molecular flexibility index (Phi) is 4.37. The number of rotatable bonds is 3. The molecule has 1 aliphatic rings. The molecule has 2 N–H and O–H groups in total. The highest BCUT2D eigenvalue weighted by atomic mass is 32.2. The minimum Gasteiger partial charge on any atom is -0.392 e. The normalized spacial score (nSPS) is 20.4. The number of nitrogens with zero attached hydrogens (tertiary/aromatic N) is 1. The van der Waals surface area contributed by atoms with Crippen LogP contribution in [0.15, 0.2) is 0 Å². The molecule has 17 heavy (non-hydrogen) atoms. The smallest absolute Gasteiger partial charge is 0.391 e. The van der Waals surface area contributed by atoms with Crippen LogP contribution in [0.3, 0.4) is 0 Å². The molecule has 1 saturated heterocycles. The Bertz CT molecular complexity index is 386. The monoisotopic (exact) mass is 290 g/mol. The molecule has 0 bridgehead atoms. The van der Waals surface area contributed by atoms with Gasteiger partial charge in [0.15, 0.2) is 0 Å². The van der Waals surface area contributed by atoms with Crippen molar-refractivity contribution in [2.24, 2.45) is 11.7 Å². The highest BCUT2D eigenvalue weighted by Crippen LogP contribution is 2.34. The van der Waals surface area contributed by atoms with E-state index in [1.165, 1.54) is 0 Å². The van der Waals surface area contributed by atoms with Gasteiger partial charge in [0.2, 0.25) is 10.0 Å². The van der Waals surface area contributed by atoms with E-state index in [4.69, 9.17) is 5.73 Å². The van der Waals surface area contributed by atoms with Crippen LogP contribution in [0.2, 0.25) is 0 Å². The van der Waals surface area contributed by atoms with Crippen molar-refractivity contribution >= 4 is 27.2 Å². The summed E-state index contributed by atoms with van der Waals surface area (Å²) in [6, 6.07) is 0. The third kappa shape index (κ3) is 4.07. The molecule has 0 aromatic carbocycles. The molecule has 0 radical (unpaired) electrons. The summed E-state index contributed by atoms with van der Waals surface area (Å²) in [6.07, 6.45) is -4.67. The summed E-state index contributed by atoms with van der Waals surface area (Å²) < 4.78 is 61.4. The molecule has 1 rings (SSSR count). The first-order valence-electron chi connectivity index (χ1n) is 4.96. The molecular weight excluding hydrogens is 277 g/mol. The van der Waals surface area contributed by atoms with Crippen molar-refractivity contribution in [2.75, 3.05) is 18.8 Å². The fourth-order valence-corrected chi connectivity index (χ4v) is 3.49. The van der Waals surface area contributed by atoms with E-state index in [2.05, 4.69) is 12.2 Å². The minimum absolute atomic E-state index is 0.130. The van der Waals surface area contributed by atoms with Gasteiger partial charge in [0.05, 0.1) is 10.9 Å². The van der Waals surface area contributed by atoms with Gasteiger partial charge in [-0.15, -0.1) is 0 Å². The van der Waals surface area contributed by atoms with Gasteiger partial charge in [0.1, 0.15) is 5.75 Å². The maximum atomic E-state index is 12.4. The van der Waals surface area contributed by atoms with Gasteiger partial charge >= 0.3 is 6.18 Å². The zero-order valence-electron chi connectivity index (χ0n) is 8.90. The summed E-state index contributed by atoms with van der Waals surface area (Å²) in [5, 5.41) is 0. The summed E-state index contributed by atoms with van der Waals surface area (Å²) in [5.74, 6) is -1.90. The molecule has 0 amide bonds. The standard InChI is InChI=1S/C8H13F3N2O2S2/c9-8(10,11)6-1-3-13(4-2-6)17(14,15)5-7(12)16/h6H,1-5H2,(H2,12,16). The van der Waals surface area contributed by atoms with Crippen LogP contribution in [-0.4, -0.2) is 42.7 Å². The van der Waals surface area contributed by atoms with Crippen molar-refractivity contribution in [1.29, 1.82) is 0 Å². The average molecular weight is 290 g/mol. The van der Waals surface area contributed by atoms with Crippen molar-refractivity contribution in [3.05, 3.63) is 0 Å². The van der Waals surface area contributed by atoms with Crippen molar-refractivity contribution in [2.45, 2.75) is 19.0 Å². The zero-order valence-corrected chi connectivity index (χ0v) is 10.5. The van der Waals surface area contributed by atoms with Gasteiger partial charge in [-0.3, -0.25) is 0 Å². The summed E-state index contributed by atoms with van der Waals surface area (Å²) in [7, 11) is -3.65. The van der Waals surface area contributed by atoms with Gasteiger partial charge in [-0.1, -0.05) is 12.2 Å². The summed E-state index contributed by atoms with van der Waals surface area (Å²) in [4.78, 5) is -0.178. The largest absolute Gasteiger partial charge is 0.392 e. The number of sulfonamides is 1. The molecular formula is C8H13F3N2O2S2. The van der Waals surface area contributed by atoms with Gasteiger partial charge in [0, 0.05) is 13.1 Å². The van der Waals surface area contributed by atoms with Crippen molar-refractivity contribution < 1.29 is 21.6 Å². The van der Waals surface area contributed by atoms with Crippen LogP contribution in [0.25, 0.3) is 0 Å². The molecule has 100 valence electrons. The minimum atomic E-state index is -4.25. The van der Waals surface area contributed by atoms with E-state index >= 15 is 0 Å². The molecule has 0 saturated carbocycles. The molecule has 9 heteroatoms. The third-order valence-corrected chi connectivity index (χ3v) is 4.79. The first-order chi connectivity index (χ1) is 7.63. The Morgan fingerprint density at radius 3 is 2.18 bits per heavy atom. The Balaban J connectivity index is 2.61. The zero-order chi connectivity index (χ0) is 13.3. The summed E-state index contributed by atoms with van der Waals surface area (Å²) >= 11 is 4.49. The van der Waals surface area contributed by atoms with Crippen LogP contribution in [0, 0.1) is 5.92 Å². The van der Waals surface area contributed by atoms with E-state index in [9.17, 15) is 21.6 Å². The maximum Gasteiger partial charge on any atom is 0.391 e. The van der Waals surface area contributed by atoms with Crippen LogP contribution >= 0.6 is 12.2 Å². The van der Waals surface area contributed by atoms with Gasteiger partial charge in [0.25, 0.3) is 0 Å². The van der Waals surface area contributed by atoms with Crippen LogP contribution in [-0.2, 0) is 10.0 Å². The number of halogens is 3. The lowest BCUT2D eigenvalue weighted by Crippen LogP contribution is -2.44. The Morgan fingerprint density at radius 1 is 1.35 bits per heavy atom. The molecule has 0 aromatic rings. The topological polar surface area (TPSA) is 63.4 Å². The summed E-state index contributed by atoms with van der Waals surface area (Å²) in [5.41, 5.74) is 5.13. The predicted octanol–water partition coefficient (Wildman–Crippen LogP) is 0.877. The quantitative estimate of drug-likeness (QED) is 0.784. The number of hydrogen-bond acceptors (Lipinski definition) is 3. The van der Waals surface area contributed by atoms with E-state index in [-0.39, 0.29) is 30.9 Å². The molecule has 1 fully saturated rings. The van der Waals surface area contributed by atoms with E-state index < -0.39 is 27.9 Å². The average Bonchev–Trinajstić information content (AvgIpc) is 2.14. The van der Waals surface area contributed by atoms with Gasteiger partial charge in [-0.2, -0.15) is 13.2 Å². The van der Waals surface area contributed by atoms with Crippen LogP contribution < -0.4 is 5.73 Å². The number of thiocarbonyl (C=S) groups is 1.